The Kier molecular flexibility index (Phi) is 9.05. The predicted molar refractivity (Wildman–Crippen MR) is 156 cm³/mol. The van der Waals surface area contributed by atoms with Gasteiger partial charge in [0.25, 0.3) is 5.91 Å². The highest BCUT2D eigenvalue weighted by Crippen LogP contribution is 2.54. The number of rotatable bonds is 10. The van der Waals surface area contributed by atoms with Crippen LogP contribution < -0.4 is 5.32 Å². The van der Waals surface area contributed by atoms with Gasteiger partial charge in [-0.3, -0.25) is 9.59 Å². The summed E-state index contributed by atoms with van der Waals surface area (Å²) in [5, 5.41) is 11.4. The number of sulfone groups is 1. The number of hydrogen-bond donors (Lipinski definition) is 1. The molecule has 0 spiro atoms. The van der Waals surface area contributed by atoms with E-state index in [1.54, 1.807) is 6.07 Å². The molecule has 2 heterocycles. The minimum Gasteiger partial charge on any atom is -0.447 e. The Bertz CT molecular complexity index is 1620. The molecule has 1 N–H and O–H groups in total. The van der Waals surface area contributed by atoms with Crippen molar-refractivity contribution in [2.45, 2.75) is 64.0 Å². The maximum absolute atomic E-state index is 14.7. The van der Waals surface area contributed by atoms with Crippen LogP contribution in [0.2, 0.25) is 0 Å². The highest BCUT2D eigenvalue weighted by atomic mass is 32.2. The summed E-state index contributed by atoms with van der Waals surface area (Å²) in [5.41, 5.74) is -0.0989. The number of amides is 2. The molecule has 43 heavy (non-hydrogen) atoms. The van der Waals surface area contributed by atoms with Crippen LogP contribution in [-0.4, -0.2) is 66.7 Å². The Balaban J connectivity index is 1.79. The monoisotopic (exact) mass is 617 g/mol. The van der Waals surface area contributed by atoms with E-state index in [1.165, 1.54) is 30.1 Å². The van der Waals surface area contributed by atoms with Gasteiger partial charge in [-0.25, -0.2) is 22.2 Å². The zero-order valence-electron chi connectivity index (χ0n) is 25.2. The van der Waals surface area contributed by atoms with E-state index in [4.69, 9.17) is 4.42 Å². The van der Waals surface area contributed by atoms with Crippen LogP contribution in [0.25, 0.3) is 11.3 Å². The summed E-state index contributed by atoms with van der Waals surface area (Å²) in [6.45, 7) is 8.30. The quantitative estimate of drug-likeness (QED) is 0.353. The second-order valence-electron chi connectivity index (χ2n) is 12.0. The summed E-state index contributed by atoms with van der Waals surface area (Å²) in [5.74, 6) is -2.85. The molecule has 4 rings (SSSR count). The fraction of sp³-hybridized carbons (Fsp3) is 0.500. The van der Waals surface area contributed by atoms with Crippen molar-refractivity contribution in [1.29, 1.82) is 0 Å². The molecule has 3 aromatic rings. The lowest BCUT2D eigenvalue weighted by molar-refractivity contribution is -0.120. The Morgan fingerprint density at radius 1 is 1.16 bits per heavy atom. The van der Waals surface area contributed by atoms with Crippen molar-refractivity contribution in [1.82, 2.24) is 25.4 Å². The van der Waals surface area contributed by atoms with E-state index in [9.17, 15) is 26.8 Å². The molecule has 1 aromatic carbocycles. The van der Waals surface area contributed by atoms with Crippen LogP contribution >= 0.6 is 0 Å². The van der Waals surface area contributed by atoms with Gasteiger partial charge in [-0.1, -0.05) is 33.8 Å². The third-order valence-electron chi connectivity index (χ3n) is 8.59. The number of fused-ring (bicyclic) bond motifs is 1. The van der Waals surface area contributed by atoms with Crippen molar-refractivity contribution in [3.8, 4) is 11.3 Å². The van der Waals surface area contributed by atoms with Crippen molar-refractivity contribution in [3.05, 3.63) is 65.0 Å². The van der Waals surface area contributed by atoms with Gasteiger partial charge < -0.3 is 14.6 Å². The van der Waals surface area contributed by atoms with Gasteiger partial charge in [-0.2, -0.15) is 10.2 Å². The van der Waals surface area contributed by atoms with Crippen molar-refractivity contribution < 1.29 is 31.2 Å². The lowest BCUT2D eigenvalue weighted by Gasteiger charge is -2.52. The molecule has 0 saturated carbocycles. The van der Waals surface area contributed by atoms with Crippen LogP contribution in [0.5, 0.6) is 0 Å². The van der Waals surface area contributed by atoms with Gasteiger partial charge >= 0.3 is 0 Å². The van der Waals surface area contributed by atoms with Crippen molar-refractivity contribution in [3.63, 3.8) is 0 Å². The molecule has 2 amide bonds. The molecule has 232 valence electrons. The molecule has 0 bridgehead atoms. The summed E-state index contributed by atoms with van der Waals surface area (Å²) < 4.78 is 58.1. The van der Waals surface area contributed by atoms with E-state index in [-0.39, 0.29) is 54.2 Å². The van der Waals surface area contributed by atoms with Gasteiger partial charge in [0.2, 0.25) is 11.8 Å². The van der Waals surface area contributed by atoms with E-state index in [0.717, 1.165) is 24.5 Å². The smallest absolute Gasteiger partial charge is 0.275 e. The van der Waals surface area contributed by atoms with Crippen LogP contribution in [0.4, 0.5) is 8.78 Å². The van der Waals surface area contributed by atoms with Crippen molar-refractivity contribution >= 4 is 21.7 Å². The van der Waals surface area contributed by atoms with Crippen LogP contribution in [0.1, 0.15) is 80.5 Å². The number of oxazole rings is 1. The maximum Gasteiger partial charge on any atom is 0.275 e. The van der Waals surface area contributed by atoms with Crippen LogP contribution in [0.3, 0.4) is 0 Å². The van der Waals surface area contributed by atoms with Crippen LogP contribution in [-0.2, 0) is 25.8 Å². The van der Waals surface area contributed by atoms with Crippen molar-refractivity contribution in [2.24, 2.45) is 5.41 Å². The summed E-state index contributed by atoms with van der Waals surface area (Å²) in [6.07, 6.45) is 3.60. The van der Waals surface area contributed by atoms with Gasteiger partial charge in [-0.05, 0) is 47.9 Å². The molecule has 13 heteroatoms. The Hall–Kier alpha value is -3.74. The first kappa shape index (κ1) is 32.2. The number of hydrogen-bond acceptors (Lipinski definition) is 8. The molecule has 2 aromatic heterocycles. The highest BCUT2D eigenvalue weighted by molar-refractivity contribution is 7.89. The van der Waals surface area contributed by atoms with Gasteiger partial charge in [0.15, 0.2) is 15.5 Å². The van der Waals surface area contributed by atoms with E-state index < -0.39 is 44.0 Å². The van der Waals surface area contributed by atoms with Crippen molar-refractivity contribution in [2.75, 3.05) is 26.4 Å². The Morgan fingerprint density at radius 3 is 2.44 bits per heavy atom. The average Bonchev–Trinajstić information content (AvgIpc) is 3.39. The standard InChI is InChI=1S/C30H37F2N5O5S/c1-7-18-14-29(2,3)30(4,27-19(18)13-22(35-36-27)26-20(31)9-8-10-21(26)32)17-37(12-11-24(38)33-5)28(39)23-15-42-25(34-23)16-43(6,40)41/h8-10,13,15,18H,7,11-12,14,16-17H2,1-6H3,(H,33,38)/t18-,30+/m1/s1. The predicted octanol–water partition coefficient (Wildman–Crippen LogP) is 4.41. The summed E-state index contributed by atoms with van der Waals surface area (Å²) >= 11 is 0. The first-order valence-corrected chi connectivity index (χ1v) is 16.1. The summed E-state index contributed by atoms with van der Waals surface area (Å²) in [4.78, 5) is 31.6. The van der Waals surface area contributed by atoms with E-state index in [0.29, 0.717) is 12.1 Å². The highest BCUT2D eigenvalue weighted by Gasteiger charge is 2.52. The van der Waals surface area contributed by atoms with Crippen LogP contribution in [0, 0.1) is 17.0 Å². The molecule has 0 saturated heterocycles. The maximum atomic E-state index is 14.7. The number of carbonyl (C=O) groups is 2. The topological polar surface area (TPSA) is 135 Å². The molecule has 0 fully saturated rings. The van der Waals surface area contributed by atoms with Gasteiger partial charge in [0.05, 0.1) is 17.0 Å². The van der Waals surface area contributed by atoms with Gasteiger partial charge in [0.1, 0.15) is 23.7 Å². The third kappa shape index (κ3) is 6.61. The average molecular weight is 618 g/mol. The molecule has 10 nitrogen and oxygen atoms in total. The van der Waals surface area contributed by atoms with Crippen LogP contribution in [0.15, 0.2) is 34.9 Å². The lowest BCUT2D eigenvalue weighted by Crippen LogP contribution is -2.54. The number of halogens is 2. The molecule has 0 aliphatic heterocycles. The first-order valence-electron chi connectivity index (χ1n) is 14.0. The second kappa shape index (κ2) is 12.1. The summed E-state index contributed by atoms with van der Waals surface area (Å²) in [7, 11) is -1.95. The zero-order chi connectivity index (χ0) is 31.7. The third-order valence-corrected chi connectivity index (χ3v) is 9.36. The molecule has 0 radical (unpaired) electrons. The fourth-order valence-corrected chi connectivity index (χ4v) is 6.37. The molecule has 1 aliphatic carbocycles. The molecule has 0 unspecified atom stereocenters. The number of carbonyl (C=O) groups excluding carboxylic acids is 2. The minimum absolute atomic E-state index is 0.00835. The second-order valence-corrected chi connectivity index (χ2v) is 14.1. The van der Waals surface area contributed by atoms with E-state index in [2.05, 4.69) is 34.3 Å². The molecule has 1 aliphatic rings. The number of benzene rings is 1. The van der Waals surface area contributed by atoms with Gasteiger partial charge in [-0.15, -0.1) is 0 Å². The SMILES string of the molecule is CC[C@@H]1CC(C)(C)[C@@](C)(CN(CCC(=O)NC)C(=O)c2coc(CS(C)(=O)=O)n2)c2nnc(-c3c(F)cccc3F)cc21. The Labute approximate surface area is 250 Å². The number of nitrogens with zero attached hydrogens (tertiary/aromatic N) is 4. The largest absolute Gasteiger partial charge is 0.447 e. The fourth-order valence-electron chi connectivity index (χ4n) is 5.79. The number of nitrogens with one attached hydrogen (secondary N) is 1. The Morgan fingerprint density at radius 2 is 1.84 bits per heavy atom. The van der Waals surface area contributed by atoms with E-state index in [1.807, 2.05) is 13.8 Å². The first-order chi connectivity index (χ1) is 20.1. The summed E-state index contributed by atoms with van der Waals surface area (Å²) in [6, 6.07) is 5.33. The minimum atomic E-state index is -3.45. The molecule has 2 atom stereocenters. The molecular weight excluding hydrogens is 580 g/mol. The zero-order valence-corrected chi connectivity index (χ0v) is 26.0. The lowest BCUT2D eigenvalue weighted by atomic mass is 9.55. The number of aromatic nitrogens is 3. The van der Waals surface area contributed by atoms with E-state index >= 15 is 0 Å². The van der Waals surface area contributed by atoms with Gasteiger partial charge in [0, 0.05) is 38.2 Å². The molecular formula is C30H37F2N5O5S. The normalized spacial score (nSPS) is 19.5.